The van der Waals surface area contributed by atoms with E-state index in [1.165, 1.54) is 26.8 Å². The van der Waals surface area contributed by atoms with Gasteiger partial charge in [-0.25, -0.2) is 9.97 Å². The van der Waals surface area contributed by atoms with Crippen molar-refractivity contribution in [3.63, 3.8) is 0 Å². The van der Waals surface area contributed by atoms with Gasteiger partial charge in [0.05, 0.1) is 17.9 Å². The van der Waals surface area contributed by atoms with Gasteiger partial charge in [0.15, 0.2) is 0 Å². The van der Waals surface area contributed by atoms with E-state index in [2.05, 4.69) is 31.2 Å². The fourth-order valence-corrected chi connectivity index (χ4v) is 5.23. The summed E-state index contributed by atoms with van der Waals surface area (Å²) in [6.45, 7) is 6.36. The normalized spacial score (nSPS) is 10.9. The Balaban J connectivity index is 1.37. The van der Waals surface area contributed by atoms with Gasteiger partial charge in [0.2, 0.25) is 23.6 Å². The quantitative estimate of drug-likeness (QED) is 0.127. The maximum absolute atomic E-state index is 12.7. The molecule has 0 aliphatic rings. The van der Waals surface area contributed by atoms with Crippen molar-refractivity contribution < 1.29 is 23.9 Å². The summed E-state index contributed by atoms with van der Waals surface area (Å²) >= 11 is 0. The first-order valence-electron chi connectivity index (χ1n) is 15.6. The molecule has 0 saturated heterocycles. The molecule has 3 heterocycles. The van der Waals surface area contributed by atoms with Gasteiger partial charge in [0.1, 0.15) is 23.7 Å². The molecular formula is C37H37N7O5. The topological polar surface area (TPSA) is 156 Å². The van der Waals surface area contributed by atoms with Crippen LogP contribution < -0.4 is 26.0 Å². The van der Waals surface area contributed by atoms with Gasteiger partial charge in [0, 0.05) is 61.2 Å². The predicted octanol–water partition coefficient (Wildman–Crippen LogP) is 5.60. The Kier molecular flexibility index (Phi) is 10.8. The van der Waals surface area contributed by atoms with Crippen LogP contribution in [0.1, 0.15) is 43.3 Å². The number of carbonyl (C=O) groups is 4. The van der Waals surface area contributed by atoms with Crippen LogP contribution in [0, 0.1) is 6.92 Å². The zero-order valence-corrected chi connectivity index (χ0v) is 27.7. The summed E-state index contributed by atoms with van der Waals surface area (Å²) in [5.41, 5.74) is 5.29. The summed E-state index contributed by atoms with van der Waals surface area (Å²) in [4.78, 5) is 57.5. The van der Waals surface area contributed by atoms with Gasteiger partial charge in [-0.1, -0.05) is 30.3 Å². The summed E-state index contributed by atoms with van der Waals surface area (Å²) in [5.74, 6) is -0.0471. The molecule has 5 aromatic rings. The molecule has 3 aromatic heterocycles. The number of carbonyl (C=O) groups excluding carboxylic acids is 4. The molecule has 0 unspecified atom stereocenters. The van der Waals surface area contributed by atoms with E-state index >= 15 is 0 Å². The van der Waals surface area contributed by atoms with Gasteiger partial charge in [0.25, 0.3) is 0 Å². The molecular weight excluding hydrogens is 622 g/mol. The number of aromatic nitrogens is 3. The standard InChI is InChI=1S/C37H37N7O5/c1-23-13-15-28-9-6-11-33(36(28)40-23)49-22-30-31(41-24(2)45)16-17-32(37(30)43-26(4)47)44-19-7-10-29(44)21-39-35(48)12-5-8-27-14-18-34(38-20-27)42-25(3)46/h5-7,9-20H,8,21-22H2,1-4H3,(H,39,48)(H,41,45)(H,43,47)(H,38,42,46)/b12-5+. The van der Waals surface area contributed by atoms with Crippen LogP contribution in [0.15, 0.2) is 91.3 Å². The fraction of sp³-hybridized carbons (Fsp3) is 0.189. The Hall–Kier alpha value is -6.30. The van der Waals surface area contributed by atoms with Gasteiger partial charge < -0.3 is 30.6 Å². The molecule has 0 radical (unpaired) electrons. The molecule has 0 atom stereocenters. The van der Waals surface area contributed by atoms with E-state index < -0.39 is 0 Å². The first-order chi connectivity index (χ1) is 23.6. The number of amides is 4. The van der Waals surface area contributed by atoms with E-state index in [0.29, 0.717) is 46.1 Å². The monoisotopic (exact) mass is 659 g/mol. The minimum atomic E-state index is -0.308. The number of ether oxygens (including phenoxy) is 1. The third-order valence-electron chi connectivity index (χ3n) is 7.39. The van der Waals surface area contributed by atoms with Crippen LogP contribution in [0.4, 0.5) is 17.2 Å². The molecule has 0 saturated carbocycles. The highest BCUT2D eigenvalue weighted by molar-refractivity contribution is 5.97. The highest BCUT2D eigenvalue weighted by Gasteiger charge is 2.20. The minimum absolute atomic E-state index is 0.0113. The molecule has 49 heavy (non-hydrogen) atoms. The average Bonchev–Trinajstić information content (AvgIpc) is 3.52. The molecule has 12 heteroatoms. The lowest BCUT2D eigenvalue weighted by Gasteiger charge is -2.21. The highest BCUT2D eigenvalue weighted by Crippen LogP contribution is 2.34. The largest absolute Gasteiger partial charge is 0.486 e. The zero-order valence-electron chi connectivity index (χ0n) is 27.7. The molecule has 0 bridgehead atoms. The summed E-state index contributed by atoms with van der Waals surface area (Å²) in [6, 6.07) is 20.4. The van der Waals surface area contributed by atoms with Crippen LogP contribution in [0.2, 0.25) is 0 Å². The number of benzene rings is 2. The fourth-order valence-electron chi connectivity index (χ4n) is 5.23. The van der Waals surface area contributed by atoms with E-state index in [1.807, 2.05) is 66.2 Å². The number of nitrogens with zero attached hydrogens (tertiary/aromatic N) is 3. The van der Waals surface area contributed by atoms with E-state index in [9.17, 15) is 19.2 Å². The lowest BCUT2D eigenvalue weighted by Crippen LogP contribution is -2.22. The number of rotatable bonds is 12. The molecule has 0 aliphatic heterocycles. The summed E-state index contributed by atoms with van der Waals surface area (Å²) < 4.78 is 8.18. The molecule has 0 spiro atoms. The van der Waals surface area contributed by atoms with Crippen molar-refractivity contribution >= 4 is 51.7 Å². The molecule has 0 fully saturated rings. The van der Waals surface area contributed by atoms with Crippen molar-refractivity contribution in [2.24, 2.45) is 0 Å². The summed E-state index contributed by atoms with van der Waals surface area (Å²) in [7, 11) is 0. The minimum Gasteiger partial charge on any atom is -0.486 e. The van der Waals surface area contributed by atoms with Gasteiger partial charge in [-0.15, -0.1) is 0 Å². The number of fused-ring (bicyclic) bond motifs is 1. The predicted molar refractivity (Wildman–Crippen MR) is 188 cm³/mol. The Morgan fingerprint density at radius 3 is 2.39 bits per heavy atom. The van der Waals surface area contributed by atoms with E-state index in [4.69, 9.17) is 4.74 Å². The highest BCUT2D eigenvalue weighted by atomic mass is 16.5. The average molecular weight is 660 g/mol. The van der Waals surface area contributed by atoms with Crippen LogP contribution in [0.5, 0.6) is 5.75 Å². The lowest BCUT2D eigenvalue weighted by molar-refractivity contribution is -0.117. The van der Waals surface area contributed by atoms with Gasteiger partial charge in [-0.3, -0.25) is 19.2 Å². The van der Waals surface area contributed by atoms with Crippen molar-refractivity contribution in [2.45, 2.75) is 47.3 Å². The third kappa shape index (κ3) is 8.95. The third-order valence-corrected chi connectivity index (χ3v) is 7.39. The maximum atomic E-state index is 12.7. The number of nitrogens with one attached hydrogen (secondary N) is 4. The Morgan fingerprint density at radius 2 is 1.65 bits per heavy atom. The Morgan fingerprint density at radius 1 is 0.857 bits per heavy atom. The van der Waals surface area contributed by atoms with Gasteiger partial charge >= 0.3 is 0 Å². The second kappa shape index (κ2) is 15.5. The number of hydrogen-bond acceptors (Lipinski definition) is 7. The van der Waals surface area contributed by atoms with Crippen LogP contribution >= 0.6 is 0 Å². The van der Waals surface area contributed by atoms with E-state index in [1.54, 1.807) is 30.5 Å². The van der Waals surface area contributed by atoms with Crippen molar-refractivity contribution in [3.8, 4) is 11.4 Å². The molecule has 4 N–H and O–H groups in total. The lowest BCUT2D eigenvalue weighted by atomic mass is 10.1. The zero-order chi connectivity index (χ0) is 34.9. The molecule has 4 amide bonds. The van der Waals surface area contributed by atoms with Crippen LogP contribution in [0.3, 0.4) is 0 Å². The smallest absolute Gasteiger partial charge is 0.243 e. The van der Waals surface area contributed by atoms with Crippen LogP contribution in [0.25, 0.3) is 16.6 Å². The second-order valence-electron chi connectivity index (χ2n) is 11.3. The molecule has 0 aliphatic carbocycles. The maximum Gasteiger partial charge on any atom is 0.243 e. The second-order valence-corrected chi connectivity index (χ2v) is 11.3. The number of aryl methyl sites for hydroxylation is 1. The number of hydrogen-bond donors (Lipinski definition) is 4. The molecule has 12 nitrogen and oxygen atoms in total. The molecule has 250 valence electrons. The van der Waals surface area contributed by atoms with Crippen molar-refractivity contribution in [1.29, 1.82) is 0 Å². The molecule has 5 rings (SSSR count). The van der Waals surface area contributed by atoms with Gasteiger partial charge in [-0.2, -0.15) is 0 Å². The number of para-hydroxylation sites is 1. The van der Waals surface area contributed by atoms with Crippen molar-refractivity contribution in [1.82, 2.24) is 19.9 Å². The molecule has 2 aromatic carbocycles. The first-order valence-corrected chi connectivity index (χ1v) is 15.6. The van der Waals surface area contributed by atoms with Crippen molar-refractivity contribution in [3.05, 3.63) is 114 Å². The number of allylic oxidation sites excluding steroid dienone is 1. The van der Waals surface area contributed by atoms with Crippen LogP contribution in [-0.2, 0) is 38.8 Å². The van der Waals surface area contributed by atoms with E-state index in [0.717, 1.165) is 22.3 Å². The SMILES string of the molecule is CC(=O)Nc1ccc(C/C=C/C(=O)NCc2cccn2-c2ccc(NC(C)=O)c(COc3cccc4ccc(C)nc34)c2NC(C)=O)cn1. The van der Waals surface area contributed by atoms with Crippen LogP contribution in [-0.4, -0.2) is 38.2 Å². The number of anilines is 3. The summed E-state index contributed by atoms with van der Waals surface area (Å²) in [5, 5.41) is 12.2. The Bertz CT molecular complexity index is 2050. The number of pyridine rings is 2. The van der Waals surface area contributed by atoms with Crippen molar-refractivity contribution in [2.75, 3.05) is 16.0 Å². The Labute approximate surface area is 283 Å². The van der Waals surface area contributed by atoms with Gasteiger partial charge in [-0.05, 0) is 67.4 Å². The van der Waals surface area contributed by atoms with E-state index in [-0.39, 0.29) is 36.8 Å². The summed E-state index contributed by atoms with van der Waals surface area (Å²) in [6.07, 6.45) is 7.15. The first kappa shape index (κ1) is 34.0.